The topological polar surface area (TPSA) is 20.2 Å². The van der Waals surface area contributed by atoms with Gasteiger partial charge in [-0.05, 0) is 43.2 Å². The van der Waals surface area contributed by atoms with Gasteiger partial charge in [0.1, 0.15) is 11.6 Å². The largest absolute Gasteiger partial charge is 0.393 e. The van der Waals surface area contributed by atoms with Crippen molar-refractivity contribution in [3.63, 3.8) is 0 Å². The van der Waals surface area contributed by atoms with E-state index in [0.717, 1.165) is 25.3 Å². The van der Waals surface area contributed by atoms with Crippen LogP contribution in [-0.2, 0) is 6.42 Å². The average Bonchev–Trinajstić information content (AvgIpc) is 2.56. The molecule has 0 bridgehead atoms. The summed E-state index contributed by atoms with van der Waals surface area (Å²) in [6, 6.07) is 3.69. The van der Waals surface area contributed by atoms with Crippen molar-refractivity contribution in [3.8, 4) is 0 Å². The normalized spacial score (nSPS) is 25.8. The Morgan fingerprint density at radius 2 is 2.07 bits per heavy atom. The van der Waals surface area contributed by atoms with Gasteiger partial charge in [0.05, 0.1) is 6.10 Å². The standard InChI is InChI=1S/C12H14F2O/c13-10-3-2-9(12(14)7-10)5-8-1-4-11(15)6-8/h2-3,7-8,11,15H,1,4-6H2. The smallest absolute Gasteiger partial charge is 0.129 e. The molecule has 1 fully saturated rings. The molecule has 0 radical (unpaired) electrons. The molecule has 1 aromatic carbocycles. The van der Waals surface area contributed by atoms with Gasteiger partial charge < -0.3 is 5.11 Å². The minimum atomic E-state index is -0.539. The van der Waals surface area contributed by atoms with E-state index in [1.165, 1.54) is 12.1 Å². The molecule has 2 unspecified atom stereocenters. The maximum Gasteiger partial charge on any atom is 0.129 e. The summed E-state index contributed by atoms with van der Waals surface area (Å²) in [5, 5.41) is 9.34. The molecular formula is C12H14F2O. The Labute approximate surface area is 87.7 Å². The summed E-state index contributed by atoms with van der Waals surface area (Å²) in [6.07, 6.45) is 2.82. The van der Waals surface area contributed by atoms with Crippen LogP contribution in [0, 0.1) is 17.6 Å². The maximum absolute atomic E-state index is 13.3. The molecule has 1 aromatic rings. The molecule has 82 valence electrons. The minimum Gasteiger partial charge on any atom is -0.393 e. The molecule has 0 aliphatic heterocycles. The molecule has 0 heterocycles. The lowest BCUT2D eigenvalue weighted by Gasteiger charge is -2.09. The number of halogens is 2. The molecule has 2 atom stereocenters. The molecule has 0 saturated heterocycles. The van der Waals surface area contributed by atoms with Crippen LogP contribution >= 0.6 is 0 Å². The van der Waals surface area contributed by atoms with Gasteiger partial charge in [-0.15, -0.1) is 0 Å². The van der Waals surface area contributed by atoms with Gasteiger partial charge in [-0.1, -0.05) is 6.07 Å². The van der Waals surface area contributed by atoms with Crippen LogP contribution in [0.4, 0.5) is 8.78 Å². The fraction of sp³-hybridized carbons (Fsp3) is 0.500. The molecule has 2 rings (SSSR count). The van der Waals surface area contributed by atoms with Crippen molar-refractivity contribution in [2.75, 3.05) is 0 Å². The third-order valence-electron chi connectivity index (χ3n) is 3.04. The van der Waals surface area contributed by atoms with Crippen LogP contribution < -0.4 is 0 Å². The Morgan fingerprint density at radius 1 is 1.27 bits per heavy atom. The number of aliphatic hydroxyl groups excluding tert-OH is 1. The van der Waals surface area contributed by atoms with E-state index in [9.17, 15) is 13.9 Å². The van der Waals surface area contributed by atoms with Gasteiger partial charge in [-0.2, -0.15) is 0 Å². The predicted octanol–water partition coefficient (Wildman–Crippen LogP) is 2.67. The van der Waals surface area contributed by atoms with Crippen LogP contribution in [-0.4, -0.2) is 11.2 Å². The van der Waals surface area contributed by atoms with Crippen molar-refractivity contribution in [1.82, 2.24) is 0 Å². The molecule has 3 heteroatoms. The van der Waals surface area contributed by atoms with E-state index in [0.29, 0.717) is 17.9 Å². The van der Waals surface area contributed by atoms with Crippen LogP contribution in [0.15, 0.2) is 18.2 Å². The second kappa shape index (κ2) is 4.27. The Bertz CT molecular complexity index is 351. The summed E-state index contributed by atoms with van der Waals surface area (Å²) >= 11 is 0. The maximum atomic E-state index is 13.3. The summed E-state index contributed by atoms with van der Waals surface area (Å²) in [6.45, 7) is 0. The highest BCUT2D eigenvalue weighted by molar-refractivity contribution is 5.19. The third-order valence-corrected chi connectivity index (χ3v) is 3.04. The van der Waals surface area contributed by atoms with E-state index in [-0.39, 0.29) is 6.10 Å². The zero-order valence-corrected chi connectivity index (χ0v) is 8.42. The van der Waals surface area contributed by atoms with Gasteiger partial charge in [0.15, 0.2) is 0 Å². The molecule has 15 heavy (non-hydrogen) atoms. The molecule has 1 aliphatic carbocycles. The summed E-state index contributed by atoms with van der Waals surface area (Å²) in [5.74, 6) is -0.681. The number of hydrogen-bond acceptors (Lipinski definition) is 1. The van der Waals surface area contributed by atoms with Crippen molar-refractivity contribution in [1.29, 1.82) is 0 Å². The van der Waals surface area contributed by atoms with Crippen molar-refractivity contribution in [3.05, 3.63) is 35.4 Å². The third kappa shape index (κ3) is 2.53. The lowest BCUT2D eigenvalue weighted by Crippen LogP contribution is -2.04. The molecule has 0 aromatic heterocycles. The first kappa shape index (κ1) is 10.6. The first-order chi connectivity index (χ1) is 7.15. The summed E-state index contributed by atoms with van der Waals surface area (Å²) in [4.78, 5) is 0. The first-order valence-corrected chi connectivity index (χ1v) is 5.27. The molecule has 1 saturated carbocycles. The van der Waals surface area contributed by atoms with Crippen LogP contribution in [0.5, 0.6) is 0 Å². The minimum absolute atomic E-state index is 0.237. The highest BCUT2D eigenvalue weighted by Gasteiger charge is 2.23. The van der Waals surface area contributed by atoms with E-state index in [4.69, 9.17) is 0 Å². The molecule has 1 aliphatic rings. The van der Waals surface area contributed by atoms with Gasteiger partial charge in [0.25, 0.3) is 0 Å². The number of hydrogen-bond donors (Lipinski definition) is 1. The number of rotatable bonds is 2. The zero-order valence-electron chi connectivity index (χ0n) is 8.42. The summed E-state index contributed by atoms with van der Waals surface area (Å²) in [5.41, 5.74) is 0.551. The Hall–Kier alpha value is -0.960. The SMILES string of the molecule is OC1CCC(Cc2ccc(F)cc2F)C1. The predicted molar refractivity (Wildman–Crippen MR) is 53.4 cm³/mol. The molecular weight excluding hydrogens is 198 g/mol. The fourth-order valence-corrected chi connectivity index (χ4v) is 2.23. The van der Waals surface area contributed by atoms with Crippen LogP contribution in [0.3, 0.4) is 0 Å². The van der Waals surface area contributed by atoms with E-state index in [2.05, 4.69) is 0 Å². The highest BCUT2D eigenvalue weighted by atomic mass is 19.1. The second-order valence-corrected chi connectivity index (χ2v) is 4.27. The summed E-state index contributed by atoms with van der Waals surface area (Å²) < 4.78 is 25.9. The first-order valence-electron chi connectivity index (χ1n) is 5.27. The second-order valence-electron chi connectivity index (χ2n) is 4.27. The van der Waals surface area contributed by atoms with Gasteiger partial charge in [-0.3, -0.25) is 0 Å². The van der Waals surface area contributed by atoms with Gasteiger partial charge >= 0.3 is 0 Å². The monoisotopic (exact) mass is 212 g/mol. The van der Waals surface area contributed by atoms with Crippen LogP contribution in [0.1, 0.15) is 24.8 Å². The van der Waals surface area contributed by atoms with Crippen LogP contribution in [0.2, 0.25) is 0 Å². The van der Waals surface area contributed by atoms with Crippen molar-refractivity contribution >= 4 is 0 Å². The fourth-order valence-electron chi connectivity index (χ4n) is 2.23. The van der Waals surface area contributed by atoms with Gasteiger partial charge in [0, 0.05) is 6.07 Å². The molecule has 1 nitrogen and oxygen atoms in total. The van der Waals surface area contributed by atoms with E-state index >= 15 is 0 Å². The molecule has 0 amide bonds. The quantitative estimate of drug-likeness (QED) is 0.799. The molecule has 0 spiro atoms. The van der Waals surface area contributed by atoms with Crippen LogP contribution in [0.25, 0.3) is 0 Å². The summed E-state index contributed by atoms with van der Waals surface area (Å²) in [7, 11) is 0. The van der Waals surface area contributed by atoms with Crippen molar-refractivity contribution in [2.45, 2.75) is 31.8 Å². The lowest BCUT2D eigenvalue weighted by atomic mass is 9.97. The zero-order chi connectivity index (χ0) is 10.8. The average molecular weight is 212 g/mol. The Balaban J connectivity index is 2.04. The molecule has 1 N–H and O–H groups in total. The van der Waals surface area contributed by atoms with Crippen molar-refractivity contribution in [2.24, 2.45) is 5.92 Å². The lowest BCUT2D eigenvalue weighted by molar-refractivity contribution is 0.177. The van der Waals surface area contributed by atoms with Gasteiger partial charge in [0.2, 0.25) is 0 Å². The van der Waals surface area contributed by atoms with E-state index < -0.39 is 11.6 Å². The highest BCUT2D eigenvalue weighted by Crippen LogP contribution is 2.29. The Kier molecular flexibility index (Phi) is 3.00. The number of aliphatic hydroxyl groups is 1. The Morgan fingerprint density at radius 3 is 2.67 bits per heavy atom. The van der Waals surface area contributed by atoms with Gasteiger partial charge in [-0.25, -0.2) is 8.78 Å². The van der Waals surface area contributed by atoms with E-state index in [1.807, 2.05) is 0 Å². The number of benzene rings is 1. The van der Waals surface area contributed by atoms with E-state index in [1.54, 1.807) is 0 Å². The van der Waals surface area contributed by atoms with Crippen molar-refractivity contribution < 1.29 is 13.9 Å².